The van der Waals surface area contributed by atoms with E-state index in [4.69, 9.17) is 0 Å². The SMILES string of the molecule is CCCCCCOP(=O)(F)OCCCC. The molecule has 92 valence electrons. The van der Waals surface area contributed by atoms with E-state index in [9.17, 15) is 8.76 Å². The molecule has 0 N–H and O–H groups in total. The Bertz CT molecular complexity index is 188. The Morgan fingerprint density at radius 1 is 0.933 bits per heavy atom. The fourth-order valence-electron chi connectivity index (χ4n) is 1.06. The molecule has 0 bridgehead atoms. The smallest absolute Gasteiger partial charge is 0.284 e. The van der Waals surface area contributed by atoms with Crippen molar-refractivity contribution in [2.45, 2.75) is 52.4 Å². The molecule has 3 nitrogen and oxygen atoms in total. The predicted molar refractivity (Wildman–Crippen MR) is 59.7 cm³/mol. The van der Waals surface area contributed by atoms with Gasteiger partial charge in [0.25, 0.3) is 0 Å². The Morgan fingerprint density at radius 2 is 1.47 bits per heavy atom. The van der Waals surface area contributed by atoms with Crippen molar-refractivity contribution in [2.24, 2.45) is 0 Å². The summed E-state index contributed by atoms with van der Waals surface area (Å²) >= 11 is 0. The van der Waals surface area contributed by atoms with Gasteiger partial charge in [0.15, 0.2) is 0 Å². The van der Waals surface area contributed by atoms with E-state index in [1.54, 1.807) is 0 Å². The van der Waals surface area contributed by atoms with Gasteiger partial charge in [0.1, 0.15) is 0 Å². The van der Waals surface area contributed by atoms with Crippen molar-refractivity contribution in [1.29, 1.82) is 0 Å². The number of halogens is 1. The van der Waals surface area contributed by atoms with E-state index in [2.05, 4.69) is 16.0 Å². The van der Waals surface area contributed by atoms with Crippen LogP contribution in [0.4, 0.5) is 4.20 Å². The van der Waals surface area contributed by atoms with Gasteiger partial charge in [0.05, 0.1) is 13.2 Å². The maximum Gasteiger partial charge on any atom is 0.513 e. The van der Waals surface area contributed by atoms with Gasteiger partial charge in [-0.1, -0.05) is 39.5 Å². The predicted octanol–water partition coefficient (Wildman–Crippen LogP) is 4.48. The highest BCUT2D eigenvalue weighted by Gasteiger charge is 2.22. The van der Waals surface area contributed by atoms with E-state index < -0.39 is 7.91 Å². The summed E-state index contributed by atoms with van der Waals surface area (Å²) in [6.07, 6.45) is 5.50. The molecule has 0 aromatic heterocycles. The molecule has 0 aliphatic rings. The van der Waals surface area contributed by atoms with Crippen LogP contribution in [0.2, 0.25) is 0 Å². The van der Waals surface area contributed by atoms with Crippen molar-refractivity contribution < 1.29 is 17.8 Å². The lowest BCUT2D eigenvalue weighted by molar-refractivity contribution is 0.170. The quantitative estimate of drug-likeness (QED) is 0.417. The molecule has 1 atom stereocenters. The Kier molecular flexibility index (Phi) is 9.37. The van der Waals surface area contributed by atoms with Crippen LogP contribution in [0.5, 0.6) is 0 Å². The van der Waals surface area contributed by atoms with Crippen LogP contribution < -0.4 is 0 Å². The maximum atomic E-state index is 13.0. The lowest BCUT2D eigenvalue weighted by atomic mass is 10.2. The first-order chi connectivity index (χ1) is 7.12. The largest absolute Gasteiger partial charge is 0.513 e. The van der Waals surface area contributed by atoms with E-state index in [1.807, 2.05) is 6.92 Å². The van der Waals surface area contributed by atoms with Crippen LogP contribution in [0.15, 0.2) is 0 Å². The Labute approximate surface area is 92.0 Å². The second-order valence-electron chi connectivity index (χ2n) is 3.51. The molecule has 0 aromatic rings. The van der Waals surface area contributed by atoms with Crippen molar-refractivity contribution >= 4 is 7.91 Å². The normalized spacial score (nSPS) is 15.1. The van der Waals surface area contributed by atoms with Gasteiger partial charge in [0.2, 0.25) is 0 Å². The number of unbranched alkanes of at least 4 members (excludes halogenated alkanes) is 4. The number of rotatable bonds is 10. The molecule has 5 heteroatoms. The lowest BCUT2D eigenvalue weighted by Gasteiger charge is -2.09. The minimum atomic E-state index is -4.27. The molecule has 0 saturated carbocycles. The Balaban J connectivity index is 3.43. The highest BCUT2D eigenvalue weighted by molar-refractivity contribution is 7.48. The van der Waals surface area contributed by atoms with E-state index in [-0.39, 0.29) is 13.2 Å². The number of hydrogen-bond donors (Lipinski definition) is 0. The Morgan fingerprint density at radius 3 is 2.00 bits per heavy atom. The summed E-state index contributed by atoms with van der Waals surface area (Å²) in [6, 6.07) is 0. The van der Waals surface area contributed by atoms with Gasteiger partial charge in [-0.2, -0.15) is 0 Å². The Hall–Kier alpha value is 0.0800. The average Bonchev–Trinajstić information content (AvgIpc) is 2.17. The van der Waals surface area contributed by atoms with E-state index in [1.165, 1.54) is 0 Å². The molecule has 0 aliphatic heterocycles. The fourth-order valence-corrected chi connectivity index (χ4v) is 1.83. The van der Waals surface area contributed by atoms with Crippen molar-refractivity contribution in [3.63, 3.8) is 0 Å². The van der Waals surface area contributed by atoms with Crippen LogP contribution in [0, 0.1) is 0 Å². The first-order valence-electron chi connectivity index (χ1n) is 5.71. The number of hydrogen-bond acceptors (Lipinski definition) is 3. The van der Waals surface area contributed by atoms with E-state index in [0.717, 1.165) is 32.1 Å². The monoisotopic (exact) mass is 240 g/mol. The third kappa shape index (κ3) is 10.4. The van der Waals surface area contributed by atoms with Crippen molar-refractivity contribution in [3.8, 4) is 0 Å². The summed E-state index contributed by atoms with van der Waals surface area (Å²) in [5.74, 6) is 0. The van der Waals surface area contributed by atoms with Crippen LogP contribution in [0.3, 0.4) is 0 Å². The average molecular weight is 240 g/mol. The molecule has 15 heavy (non-hydrogen) atoms. The molecule has 0 amide bonds. The maximum absolute atomic E-state index is 13.0. The van der Waals surface area contributed by atoms with Gasteiger partial charge >= 0.3 is 7.91 Å². The van der Waals surface area contributed by atoms with Crippen LogP contribution in [-0.4, -0.2) is 13.2 Å². The highest BCUT2D eigenvalue weighted by Crippen LogP contribution is 2.50. The zero-order valence-corrected chi connectivity index (χ0v) is 10.6. The van der Waals surface area contributed by atoms with Crippen LogP contribution in [0.1, 0.15) is 52.4 Å². The van der Waals surface area contributed by atoms with Gasteiger partial charge < -0.3 is 0 Å². The summed E-state index contributed by atoms with van der Waals surface area (Å²) in [4.78, 5) is 0. The zero-order valence-electron chi connectivity index (χ0n) is 9.71. The van der Waals surface area contributed by atoms with Gasteiger partial charge in [-0.05, 0) is 12.8 Å². The minimum absolute atomic E-state index is 0.166. The van der Waals surface area contributed by atoms with Crippen LogP contribution in [0.25, 0.3) is 0 Å². The third-order valence-electron chi connectivity index (χ3n) is 1.99. The van der Waals surface area contributed by atoms with Gasteiger partial charge in [0, 0.05) is 0 Å². The topological polar surface area (TPSA) is 35.5 Å². The second kappa shape index (κ2) is 9.32. The standard InChI is InChI=1S/C10H22FO3P/c1-3-5-7-8-10-14-15(11,12)13-9-6-4-2/h3-10H2,1-2H3. The van der Waals surface area contributed by atoms with Crippen molar-refractivity contribution in [1.82, 2.24) is 0 Å². The first-order valence-corrected chi connectivity index (χ1v) is 7.14. The minimum Gasteiger partial charge on any atom is -0.284 e. The molecule has 0 saturated heterocycles. The molecule has 1 unspecified atom stereocenters. The van der Waals surface area contributed by atoms with Gasteiger partial charge in [-0.3, -0.25) is 9.05 Å². The summed E-state index contributed by atoms with van der Waals surface area (Å²) in [6.45, 7) is 4.39. The zero-order chi connectivity index (χ0) is 11.6. The van der Waals surface area contributed by atoms with Crippen LogP contribution >= 0.6 is 7.91 Å². The summed E-state index contributed by atoms with van der Waals surface area (Å²) in [5.41, 5.74) is 0. The first kappa shape index (κ1) is 15.1. The van der Waals surface area contributed by atoms with E-state index >= 15 is 0 Å². The van der Waals surface area contributed by atoms with Crippen LogP contribution in [-0.2, 0) is 13.6 Å². The molecule has 0 spiro atoms. The molecule has 0 aliphatic carbocycles. The summed E-state index contributed by atoms with van der Waals surface area (Å²) in [7, 11) is -4.27. The fraction of sp³-hybridized carbons (Fsp3) is 1.00. The molecule has 0 radical (unpaired) electrons. The highest BCUT2D eigenvalue weighted by atomic mass is 31.2. The summed E-state index contributed by atoms with van der Waals surface area (Å²) in [5, 5.41) is 0. The molecule has 0 fully saturated rings. The summed E-state index contributed by atoms with van der Waals surface area (Å²) < 4.78 is 33.2. The second-order valence-corrected chi connectivity index (χ2v) is 4.89. The van der Waals surface area contributed by atoms with Crippen molar-refractivity contribution in [3.05, 3.63) is 0 Å². The van der Waals surface area contributed by atoms with E-state index in [0.29, 0.717) is 6.42 Å². The third-order valence-corrected chi connectivity index (χ3v) is 2.97. The van der Waals surface area contributed by atoms with Gasteiger partial charge in [-0.15, -0.1) is 4.20 Å². The molecule has 0 heterocycles. The van der Waals surface area contributed by atoms with Crippen molar-refractivity contribution in [2.75, 3.05) is 13.2 Å². The molecule has 0 rings (SSSR count). The molecular weight excluding hydrogens is 218 g/mol. The van der Waals surface area contributed by atoms with Gasteiger partial charge in [-0.25, -0.2) is 4.57 Å². The molecule has 0 aromatic carbocycles. The lowest BCUT2D eigenvalue weighted by Crippen LogP contribution is -1.95. The molecular formula is C10H22FO3P.